The highest BCUT2D eigenvalue weighted by Crippen LogP contribution is 2.34. The second-order valence-electron chi connectivity index (χ2n) is 4.64. The number of aldehydes is 1. The van der Waals surface area contributed by atoms with Crippen LogP contribution in [0.2, 0.25) is 0 Å². The van der Waals surface area contributed by atoms with Gasteiger partial charge in [0.2, 0.25) is 0 Å². The van der Waals surface area contributed by atoms with Crippen molar-refractivity contribution in [3.8, 4) is 5.75 Å². The number of benzene rings is 2. The summed E-state index contributed by atoms with van der Waals surface area (Å²) in [5, 5.41) is 2.76. The average molecular weight is 427 g/mol. The Morgan fingerprint density at radius 3 is 2.50 bits per heavy atom. The highest BCUT2D eigenvalue weighted by molar-refractivity contribution is 9.11. The van der Waals surface area contributed by atoms with E-state index in [0.29, 0.717) is 20.3 Å². The predicted octanol–water partition coefficient (Wildman–Crippen LogP) is 4.35. The number of rotatable bonds is 5. The van der Waals surface area contributed by atoms with E-state index in [0.717, 1.165) is 17.5 Å². The minimum Gasteiger partial charge on any atom is -0.481 e. The summed E-state index contributed by atoms with van der Waals surface area (Å²) in [4.78, 5) is 22.7. The molecule has 1 N–H and O–H groups in total. The molecule has 2 aromatic carbocycles. The van der Waals surface area contributed by atoms with Crippen LogP contribution in [0, 0.1) is 6.92 Å². The molecular formula is C16H13Br2NO3. The molecule has 0 heterocycles. The molecule has 6 heteroatoms. The van der Waals surface area contributed by atoms with E-state index in [-0.39, 0.29) is 12.5 Å². The van der Waals surface area contributed by atoms with Crippen molar-refractivity contribution in [3.63, 3.8) is 0 Å². The van der Waals surface area contributed by atoms with Crippen molar-refractivity contribution in [2.75, 3.05) is 11.9 Å². The normalized spacial score (nSPS) is 10.1. The van der Waals surface area contributed by atoms with E-state index in [1.807, 2.05) is 31.2 Å². The second-order valence-corrected chi connectivity index (χ2v) is 6.35. The number of amides is 1. The first-order valence-corrected chi connectivity index (χ1v) is 8.01. The van der Waals surface area contributed by atoms with Gasteiger partial charge >= 0.3 is 0 Å². The smallest absolute Gasteiger partial charge is 0.262 e. The Labute approximate surface area is 145 Å². The van der Waals surface area contributed by atoms with Gasteiger partial charge in [-0.05, 0) is 68.6 Å². The number of carbonyl (C=O) groups is 2. The van der Waals surface area contributed by atoms with Crippen molar-refractivity contribution in [2.24, 2.45) is 0 Å². The van der Waals surface area contributed by atoms with Crippen molar-refractivity contribution in [2.45, 2.75) is 6.92 Å². The molecule has 0 bridgehead atoms. The van der Waals surface area contributed by atoms with Gasteiger partial charge in [-0.3, -0.25) is 9.59 Å². The first-order valence-electron chi connectivity index (χ1n) is 6.43. The topological polar surface area (TPSA) is 55.4 Å². The number of nitrogens with one attached hydrogen (secondary N) is 1. The zero-order valence-corrected chi connectivity index (χ0v) is 14.9. The first-order chi connectivity index (χ1) is 10.5. The third-order valence-electron chi connectivity index (χ3n) is 2.81. The van der Waals surface area contributed by atoms with E-state index in [9.17, 15) is 9.59 Å². The van der Waals surface area contributed by atoms with Gasteiger partial charge in [0.25, 0.3) is 5.91 Å². The molecule has 0 spiro atoms. The number of hydrogen-bond acceptors (Lipinski definition) is 3. The molecule has 0 saturated heterocycles. The van der Waals surface area contributed by atoms with Crippen molar-refractivity contribution in [1.82, 2.24) is 0 Å². The molecule has 2 aromatic rings. The molecular weight excluding hydrogens is 414 g/mol. The number of halogens is 2. The molecule has 0 fully saturated rings. The largest absolute Gasteiger partial charge is 0.481 e. The molecule has 0 aromatic heterocycles. The Morgan fingerprint density at radius 2 is 1.91 bits per heavy atom. The van der Waals surface area contributed by atoms with Crippen LogP contribution in [0.4, 0.5) is 5.69 Å². The molecule has 0 unspecified atom stereocenters. The zero-order valence-electron chi connectivity index (χ0n) is 11.7. The summed E-state index contributed by atoms with van der Waals surface area (Å²) in [6.45, 7) is 1.82. The summed E-state index contributed by atoms with van der Waals surface area (Å²) < 4.78 is 6.72. The average Bonchev–Trinajstić information content (AvgIpc) is 2.46. The Balaban J connectivity index is 2.01. The van der Waals surface area contributed by atoms with Gasteiger partial charge in [-0.1, -0.05) is 12.1 Å². The van der Waals surface area contributed by atoms with Gasteiger partial charge in [0.05, 0.1) is 8.95 Å². The SMILES string of the molecule is Cc1cccc(NC(=O)COc2c(Br)cc(C=O)cc2Br)c1. The lowest BCUT2D eigenvalue weighted by atomic mass is 10.2. The van der Waals surface area contributed by atoms with Crippen LogP contribution >= 0.6 is 31.9 Å². The monoisotopic (exact) mass is 425 g/mol. The molecule has 0 atom stereocenters. The molecule has 0 aliphatic heterocycles. The van der Waals surface area contributed by atoms with E-state index in [1.165, 1.54) is 0 Å². The zero-order chi connectivity index (χ0) is 16.1. The maximum absolute atomic E-state index is 11.9. The van der Waals surface area contributed by atoms with Crippen molar-refractivity contribution < 1.29 is 14.3 Å². The fourth-order valence-corrected chi connectivity index (χ4v) is 3.29. The van der Waals surface area contributed by atoms with Gasteiger partial charge in [-0.15, -0.1) is 0 Å². The molecule has 0 radical (unpaired) electrons. The summed E-state index contributed by atoms with van der Waals surface area (Å²) in [5.74, 6) is 0.217. The van der Waals surface area contributed by atoms with E-state index in [4.69, 9.17) is 4.74 Å². The Morgan fingerprint density at radius 1 is 1.23 bits per heavy atom. The van der Waals surface area contributed by atoms with E-state index in [2.05, 4.69) is 37.2 Å². The number of anilines is 1. The van der Waals surface area contributed by atoms with E-state index >= 15 is 0 Å². The van der Waals surface area contributed by atoms with Crippen molar-refractivity contribution >= 4 is 49.7 Å². The molecule has 114 valence electrons. The lowest BCUT2D eigenvalue weighted by Gasteiger charge is -2.11. The van der Waals surface area contributed by atoms with Gasteiger partial charge in [-0.2, -0.15) is 0 Å². The van der Waals surface area contributed by atoms with E-state index < -0.39 is 0 Å². The van der Waals surface area contributed by atoms with Gasteiger partial charge in [-0.25, -0.2) is 0 Å². The van der Waals surface area contributed by atoms with Crippen LogP contribution in [-0.2, 0) is 4.79 Å². The number of ether oxygens (including phenoxy) is 1. The molecule has 1 amide bonds. The number of aryl methyl sites for hydroxylation is 1. The van der Waals surface area contributed by atoms with Crippen LogP contribution in [0.15, 0.2) is 45.3 Å². The summed E-state index contributed by atoms with van der Waals surface area (Å²) in [6, 6.07) is 10.8. The fraction of sp³-hybridized carbons (Fsp3) is 0.125. The molecule has 0 aliphatic carbocycles. The fourth-order valence-electron chi connectivity index (χ4n) is 1.84. The minimum atomic E-state index is -0.260. The Hall–Kier alpha value is -1.66. The second kappa shape index (κ2) is 7.56. The van der Waals surface area contributed by atoms with Crippen LogP contribution in [0.5, 0.6) is 5.75 Å². The quantitative estimate of drug-likeness (QED) is 0.723. The molecule has 0 aliphatic rings. The molecule has 22 heavy (non-hydrogen) atoms. The standard InChI is InChI=1S/C16H13Br2NO3/c1-10-3-2-4-12(5-10)19-15(21)9-22-16-13(17)6-11(8-20)7-14(16)18/h2-8H,9H2,1H3,(H,19,21). The Kier molecular flexibility index (Phi) is 5.74. The van der Waals surface area contributed by atoms with Crippen LogP contribution in [0.1, 0.15) is 15.9 Å². The number of carbonyl (C=O) groups excluding carboxylic acids is 2. The minimum absolute atomic E-state index is 0.133. The summed E-state index contributed by atoms with van der Waals surface area (Å²) >= 11 is 6.64. The van der Waals surface area contributed by atoms with Gasteiger partial charge in [0.15, 0.2) is 6.61 Å². The van der Waals surface area contributed by atoms with Crippen LogP contribution in [0.3, 0.4) is 0 Å². The summed E-state index contributed by atoms with van der Waals surface area (Å²) in [6.07, 6.45) is 0.740. The molecule has 0 saturated carbocycles. The highest BCUT2D eigenvalue weighted by atomic mass is 79.9. The van der Waals surface area contributed by atoms with Gasteiger partial charge in [0, 0.05) is 11.3 Å². The predicted molar refractivity (Wildman–Crippen MR) is 92.5 cm³/mol. The van der Waals surface area contributed by atoms with Crippen molar-refractivity contribution in [1.29, 1.82) is 0 Å². The highest BCUT2D eigenvalue weighted by Gasteiger charge is 2.11. The van der Waals surface area contributed by atoms with Crippen molar-refractivity contribution in [3.05, 3.63) is 56.5 Å². The summed E-state index contributed by atoms with van der Waals surface area (Å²) in [5.41, 5.74) is 2.30. The Bertz CT molecular complexity index is 693. The molecule has 2 rings (SSSR count). The van der Waals surface area contributed by atoms with Crippen LogP contribution in [0.25, 0.3) is 0 Å². The number of hydrogen-bond donors (Lipinski definition) is 1. The lowest BCUT2D eigenvalue weighted by Crippen LogP contribution is -2.20. The maximum Gasteiger partial charge on any atom is 0.262 e. The third kappa shape index (κ3) is 4.42. The van der Waals surface area contributed by atoms with Gasteiger partial charge in [0.1, 0.15) is 12.0 Å². The first kappa shape index (κ1) is 16.7. The van der Waals surface area contributed by atoms with E-state index in [1.54, 1.807) is 12.1 Å². The molecule has 4 nitrogen and oxygen atoms in total. The van der Waals surface area contributed by atoms with Gasteiger partial charge < -0.3 is 10.1 Å². The lowest BCUT2D eigenvalue weighted by molar-refractivity contribution is -0.118. The third-order valence-corrected chi connectivity index (χ3v) is 3.98. The van der Waals surface area contributed by atoms with Crippen LogP contribution in [-0.4, -0.2) is 18.8 Å². The maximum atomic E-state index is 11.9. The summed E-state index contributed by atoms with van der Waals surface area (Å²) in [7, 11) is 0. The van der Waals surface area contributed by atoms with Crippen LogP contribution < -0.4 is 10.1 Å².